The third-order valence-corrected chi connectivity index (χ3v) is 4.35. The van der Waals surface area contributed by atoms with Gasteiger partial charge in [0.1, 0.15) is 11.5 Å². The molecule has 1 fully saturated rings. The summed E-state index contributed by atoms with van der Waals surface area (Å²) >= 11 is 3.54. The number of pyridine rings is 1. The first-order valence-electron chi connectivity index (χ1n) is 7.28. The van der Waals surface area contributed by atoms with E-state index in [1.807, 2.05) is 19.2 Å². The Morgan fingerprint density at radius 2 is 2.32 bits per heavy atom. The van der Waals surface area contributed by atoms with Crippen LogP contribution < -0.4 is 10.2 Å². The number of hydrogen-bond acceptors (Lipinski definition) is 4. The lowest BCUT2D eigenvalue weighted by Gasteiger charge is -2.34. The molecular formula is C15H18BrN5O. The first kappa shape index (κ1) is 15.0. The maximum Gasteiger partial charge on any atom is 0.271 e. The molecule has 1 amide bonds. The lowest BCUT2D eigenvalue weighted by Crippen LogP contribution is -2.48. The van der Waals surface area contributed by atoms with Crippen LogP contribution in [-0.4, -0.2) is 39.6 Å². The zero-order valence-electron chi connectivity index (χ0n) is 12.4. The first-order valence-corrected chi connectivity index (χ1v) is 8.07. The van der Waals surface area contributed by atoms with E-state index in [4.69, 9.17) is 0 Å². The molecule has 0 radical (unpaired) electrons. The van der Waals surface area contributed by atoms with E-state index in [0.29, 0.717) is 5.69 Å². The summed E-state index contributed by atoms with van der Waals surface area (Å²) < 4.78 is 2.75. The number of aryl methyl sites for hydroxylation is 1. The molecule has 1 unspecified atom stereocenters. The highest BCUT2D eigenvalue weighted by Gasteiger charge is 2.24. The number of aromatic nitrogens is 3. The van der Waals surface area contributed by atoms with E-state index in [-0.39, 0.29) is 11.9 Å². The summed E-state index contributed by atoms with van der Waals surface area (Å²) in [6.07, 6.45) is 7.14. The topological polar surface area (TPSA) is 63.1 Å². The Balaban J connectivity index is 1.66. The molecule has 6 nitrogen and oxygen atoms in total. The molecule has 116 valence electrons. The normalized spacial score (nSPS) is 18.3. The van der Waals surface area contributed by atoms with Crippen molar-refractivity contribution in [2.75, 3.05) is 18.0 Å². The quantitative estimate of drug-likeness (QED) is 0.905. The molecule has 3 heterocycles. The highest BCUT2D eigenvalue weighted by molar-refractivity contribution is 9.10. The number of piperidine rings is 1. The van der Waals surface area contributed by atoms with Crippen molar-refractivity contribution in [3.05, 3.63) is 41.0 Å². The number of hydrogen-bond donors (Lipinski definition) is 1. The van der Waals surface area contributed by atoms with Gasteiger partial charge in [-0.2, -0.15) is 0 Å². The summed E-state index contributed by atoms with van der Waals surface area (Å²) in [5.41, 5.74) is 0.457. The average Bonchev–Trinajstić information content (AvgIpc) is 2.95. The van der Waals surface area contributed by atoms with Crippen molar-refractivity contribution in [3.8, 4) is 0 Å². The minimum atomic E-state index is -0.118. The van der Waals surface area contributed by atoms with Gasteiger partial charge in [-0.1, -0.05) is 0 Å². The Labute approximate surface area is 137 Å². The second kappa shape index (κ2) is 6.48. The summed E-state index contributed by atoms with van der Waals surface area (Å²) in [6, 6.07) is 3.99. The number of carbonyl (C=O) groups is 1. The number of anilines is 1. The highest BCUT2D eigenvalue weighted by Crippen LogP contribution is 2.25. The number of imidazole rings is 1. The summed E-state index contributed by atoms with van der Waals surface area (Å²) in [7, 11) is 1.85. The van der Waals surface area contributed by atoms with E-state index >= 15 is 0 Å². The third kappa shape index (κ3) is 3.30. The standard InChI is InChI=1S/C15H18BrN5O/c1-20-9-13(18-10-20)15(22)19-11-4-3-7-21(8-11)14-12(16)5-2-6-17-14/h2,5-6,9-11H,3-4,7-8H2,1H3,(H,19,22). The molecule has 0 saturated carbocycles. The average molecular weight is 364 g/mol. The van der Waals surface area contributed by atoms with Gasteiger partial charge in [-0.05, 0) is 40.9 Å². The number of halogens is 1. The van der Waals surface area contributed by atoms with Crippen LogP contribution in [0.3, 0.4) is 0 Å². The molecule has 1 N–H and O–H groups in total. The van der Waals surface area contributed by atoms with E-state index in [0.717, 1.165) is 36.2 Å². The minimum Gasteiger partial charge on any atom is -0.354 e. The largest absolute Gasteiger partial charge is 0.354 e. The molecule has 1 aliphatic rings. The van der Waals surface area contributed by atoms with Crippen molar-refractivity contribution in [1.29, 1.82) is 0 Å². The molecule has 0 spiro atoms. The Bertz CT molecular complexity index is 671. The van der Waals surface area contributed by atoms with Gasteiger partial charge in [-0.25, -0.2) is 9.97 Å². The molecule has 2 aromatic heterocycles. The lowest BCUT2D eigenvalue weighted by molar-refractivity contribution is 0.0928. The van der Waals surface area contributed by atoms with Crippen LogP contribution in [0.2, 0.25) is 0 Å². The van der Waals surface area contributed by atoms with Crippen LogP contribution in [0.25, 0.3) is 0 Å². The van der Waals surface area contributed by atoms with Gasteiger partial charge in [-0.15, -0.1) is 0 Å². The summed E-state index contributed by atoms with van der Waals surface area (Å²) in [4.78, 5) is 22.9. The fraction of sp³-hybridized carbons (Fsp3) is 0.400. The van der Waals surface area contributed by atoms with Gasteiger partial charge in [0.25, 0.3) is 5.91 Å². The molecule has 22 heavy (non-hydrogen) atoms. The number of rotatable bonds is 3. The molecule has 7 heteroatoms. The van der Waals surface area contributed by atoms with Gasteiger partial charge in [0, 0.05) is 38.6 Å². The van der Waals surface area contributed by atoms with Crippen LogP contribution in [-0.2, 0) is 7.05 Å². The highest BCUT2D eigenvalue weighted by atomic mass is 79.9. The monoisotopic (exact) mass is 363 g/mol. The van der Waals surface area contributed by atoms with Gasteiger partial charge in [-0.3, -0.25) is 4.79 Å². The SMILES string of the molecule is Cn1cnc(C(=O)NC2CCCN(c3ncccc3Br)C2)c1. The van der Waals surface area contributed by atoms with E-state index in [1.54, 1.807) is 23.3 Å². The van der Waals surface area contributed by atoms with Gasteiger partial charge >= 0.3 is 0 Å². The Morgan fingerprint density at radius 1 is 1.45 bits per heavy atom. The van der Waals surface area contributed by atoms with E-state index < -0.39 is 0 Å². The molecule has 1 saturated heterocycles. The van der Waals surface area contributed by atoms with E-state index in [1.165, 1.54) is 0 Å². The van der Waals surface area contributed by atoms with Crippen molar-refractivity contribution in [3.63, 3.8) is 0 Å². The Morgan fingerprint density at radius 3 is 3.05 bits per heavy atom. The zero-order chi connectivity index (χ0) is 15.5. The van der Waals surface area contributed by atoms with Crippen LogP contribution in [0.15, 0.2) is 35.3 Å². The number of nitrogens with zero attached hydrogens (tertiary/aromatic N) is 4. The van der Waals surface area contributed by atoms with Crippen molar-refractivity contribution >= 4 is 27.7 Å². The zero-order valence-corrected chi connectivity index (χ0v) is 14.0. The number of nitrogens with one attached hydrogen (secondary N) is 1. The van der Waals surface area contributed by atoms with Crippen LogP contribution in [0.5, 0.6) is 0 Å². The fourth-order valence-electron chi connectivity index (χ4n) is 2.69. The van der Waals surface area contributed by atoms with Crippen molar-refractivity contribution in [1.82, 2.24) is 19.9 Å². The molecule has 0 bridgehead atoms. The van der Waals surface area contributed by atoms with Crippen LogP contribution >= 0.6 is 15.9 Å². The maximum absolute atomic E-state index is 12.2. The lowest BCUT2D eigenvalue weighted by atomic mass is 10.1. The summed E-state index contributed by atoms with van der Waals surface area (Å²) in [6.45, 7) is 1.71. The van der Waals surface area contributed by atoms with Gasteiger partial charge in [0.2, 0.25) is 0 Å². The first-order chi connectivity index (χ1) is 10.6. The Kier molecular flexibility index (Phi) is 4.42. The van der Waals surface area contributed by atoms with E-state index in [2.05, 4.69) is 36.1 Å². The molecule has 2 aromatic rings. The van der Waals surface area contributed by atoms with Crippen molar-refractivity contribution in [2.24, 2.45) is 7.05 Å². The van der Waals surface area contributed by atoms with Gasteiger partial charge in [0.15, 0.2) is 0 Å². The second-order valence-corrected chi connectivity index (χ2v) is 6.35. The van der Waals surface area contributed by atoms with Crippen molar-refractivity contribution in [2.45, 2.75) is 18.9 Å². The van der Waals surface area contributed by atoms with Crippen LogP contribution in [0.4, 0.5) is 5.82 Å². The predicted octanol–water partition coefficient (Wildman–Crippen LogP) is 1.98. The van der Waals surface area contributed by atoms with Crippen LogP contribution in [0, 0.1) is 0 Å². The molecular weight excluding hydrogens is 346 g/mol. The van der Waals surface area contributed by atoms with Crippen LogP contribution in [0.1, 0.15) is 23.3 Å². The minimum absolute atomic E-state index is 0.108. The smallest absolute Gasteiger partial charge is 0.271 e. The molecule has 1 atom stereocenters. The molecule has 0 aliphatic carbocycles. The van der Waals surface area contributed by atoms with E-state index in [9.17, 15) is 4.79 Å². The summed E-state index contributed by atoms with van der Waals surface area (Å²) in [5.74, 6) is 0.812. The number of amides is 1. The fourth-order valence-corrected chi connectivity index (χ4v) is 3.19. The Hall–Kier alpha value is -1.89. The maximum atomic E-state index is 12.2. The second-order valence-electron chi connectivity index (χ2n) is 5.49. The predicted molar refractivity (Wildman–Crippen MR) is 87.8 cm³/mol. The summed E-state index contributed by atoms with van der Waals surface area (Å²) in [5, 5.41) is 3.07. The van der Waals surface area contributed by atoms with Gasteiger partial charge < -0.3 is 14.8 Å². The van der Waals surface area contributed by atoms with Crippen molar-refractivity contribution < 1.29 is 4.79 Å². The molecule has 1 aliphatic heterocycles. The van der Waals surface area contributed by atoms with Gasteiger partial charge in [0.05, 0.1) is 10.8 Å². The molecule has 0 aromatic carbocycles. The molecule has 3 rings (SSSR count). The number of carbonyl (C=O) groups excluding carboxylic acids is 1. The third-order valence-electron chi connectivity index (χ3n) is 3.73.